The number of ether oxygens (including phenoxy) is 1. The Kier molecular flexibility index (Phi) is 3.73. The molecule has 0 radical (unpaired) electrons. The highest BCUT2D eigenvalue weighted by Crippen LogP contribution is 2.24. The highest BCUT2D eigenvalue weighted by atomic mass is 35.5. The standard InChI is InChI=1S/C9H9ClO3/c10-8-2-1-3-9(7(8)6-12)13-5-4-11/h1-3,6,11H,4-5H2. The number of hydrogen-bond acceptors (Lipinski definition) is 3. The zero-order valence-corrected chi connectivity index (χ0v) is 7.62. The summed E-state index contributed by atoms with van der Waals surface area (Å²) in [7, 11) is 0. The minimum absolute atomic E-state index is 0.0924. The predicted octanol–water partition coefficient (Wildman–Crippen LogP) is 1.52. The highest BCUT2D eigenvalue weighted by Gasteiger charge is 2.05. The summed E-state index contributed by atoms with van der Waals surface area (Å²) in [5.74, 6) is 0.400. The van der Waals surface area contributed by atoms with Crippen LogP contribution < -0.4 is 4.74 Å². The van der Waals surface area contributed by atoms with E-state index < -0.39 is 0 Å². The molecule has 0 aliphatic carbocycles. The summed E-state index contributed by atoms with van der Waals surface area (Å²) in [6, 6.07) is 4.92. The maximum Gasteiger partial charge on any atom is 0.155 e. The molecule has 0 atom stereocenters. The van der Waals surface area contributed by atoms with Crippen LogP contribution in [0.4, 0.5) is 0 Å². The van der Waals surface area contributed by atoms with Crippen LogP contribution >= 0.6 is 11.6 Å². The van der Waals surface area contributed by atoms with E-state index in [1.165, 1.54) is 0 Å². The van der Waals surface area contributed by atoms with Gasteiger partial charge < -0.3 is 9.84 Å². The molecule has 0 fully saturated rings. The Morgan fingerprint density at radius 1 is 1.54 bits per heavy atom. The fraction of sp³-hybridized carbons (Fsp3) is 0.222. The van der Waals surface area contributed by atoms with E-state index in [9.17, 15) is 4.79 Å². The molecule has 70 valence electrons. The number of carbonyl (C=O) groups excluding carboxylic acids is 1. The Bertz CT molecular complexity index is 299. The van der Waals surface area contributed by atoms with Crippen LogP contribution in [-0.2, 0) is 0 Å². The van der Waals surface area contributed by atoms with E-state index in [0.29, 0.717) is 22.6 Å². The fourth-order valence-electron chi connectivity index (χ4n) is 0.913. The zero-order valence-electron chi connectivity index (χ0n) is 6.87. The maximum atomic E-state index is 10.6. The van der Waals surface area contributed by atoms with E-state index in [1.807, 2.05) is 0 Å². The predicted molar refractivity (Wildman–Crippen MR) is 49.4 cm³/mol. The molecule has 0 saturated carbocycles. The van der Waals surface area contributed by atoms with E-state index in [4.69, 9.17) is 21.4 Å². The van der Waals surface area contributed by atoms with Gasteiger partial charge in [0.15, 0.2) is 6.29 Å². The quantitative estimate of drug-likeness (QED) is 0.750. The fourth-order valence-corrected chi connectivity index (χ4v) is 1.12. The van der Waals surface area contributed by atoms with Crippen LogP contribution in [0.15, 0.2) is 18.2 Å². The molecule has 1 N–H and O–H groups in total. The van der Waals surface area contributed by atoms with Crippen LogP contribution in [0.1, 0.15) is 10.4 Å². The Hall–Kier alpha value is -1.06. The molecule has 0 aromatic heterocycles. The second-order valence-corrected chi connectivity index (χ2v) is 2.75. The normalized spacial score (nSPS) is 9.69. The first-order valence-corrected chi connectivity index (χ1v) is 4.14. The van der Waals surface area contributed by atoms with Gasteiger partial charge in [-0.25, -0.2) is 0 Å². The van der Waals surface area contributed by atoms with E-state index in [-0.39, 0.29) is 13.2 Å². The largest absolute Gasteiger partial charge is 0.490 e. The molecule has 4 heteroatoms. The van der Waals surface area contributed by atoms with Gasteiger partial charge in [-0.05, 0) is 12.1 Å². The molecule has 1 rings (SSSR count). The van der Waals surface area contributed by atoms with Crippen LogP contribution in [0, 0.1) is 0 Å². The van der Waals surface area contributed by atoms with Gasteiger partial charge in [-0.15, -0.1) is 0 Å². The van der Waals surface area contributed by atoms with Crippen molar-refractivity contribution in [3.63, 3.8) is 0 Å². The van der Waals surface area contributed by atoms with Crippen molar-refractivity contribution >= 4 is 17.9 Å². The lowest BCUT2D eigenvalue weighted by molar-refractivity contribution is 0.111. The summed E-state index contributed by atoms with van der Waals surface area (Å²) in [6.45, 7) is 0.0615. The van der Waals surface area contributed by atoms with Crippen molar-refractivity contribution in [2.75, 3.05) is 13.2 Å². The maximum absolute atomic E-state index is 10.6. The Labute approximate surface area is 80.9 Å². The van der Waals surface area contributed by atoms with Crippen molar-refractivity contribution in [2.45, 2.75) is 0 Å². The number of benzene rings is 1. The van der Waals surface area contributed by atoms with Crippen molar-refractivity contribution in [3.05, 3.63) is 28.8 Å². The third-order valence-corrected chi connectivity index (χ3v) is 1.81. The number of aliphatic hydroxyl groups excluding tert-OH is 1. The molecule has 3 nitrogen and oxygen atoms in total. The van der Waals surface area contributed by atoms with Gasteiger partial charge in [-0.3, -0.25) is 4.79 Å². The van der Waals surface area contributed by atoms with Gasteiger partial charge in [0.1, 0.15) is 12.4 Å². The zero-order chi connectivity index (χ0) is 9.68. The van der Waals surface area contributed by atoms with E-state index in [1.54, 1.807) is 18.2 Å². The SMILES string of the molecule is O=Cc1c(Cl)cccc1OCCO. The average Bonchev–Trinajstić information content (AvgIpc) is 2.15. The smallest absolute Gasteiger partial charge is 0.155 e. The van der Waals surface area contributed by atoms with Gasteiger partial charge >= 0.3 is 0 Å². The summed E-state index contributed by atoms with van der Waals surface area (Å²) in [4.78, 5) is 10.6. The lowest BCUT2D eigenvalue weighted by Gasteiger charge is -2.07. The molecule has 0 amide bonds. The lowest BCUT2D eigenvalue weighted by atomic mass is 10.2. The molecule has 0 aliphatic rings. The first kappa shape index (κ1) is 10.0. The summed E-state index contributed by atoms with van der Waals surface area (Å²) >= 11 is 5.73. The minimum Gasteiger partial charge on any atom is -0.490 e. The van der Waals surface area contributed by atoms with Gasteiger partial charge in [0.25, 0.3) is 0 Å². The molecule has 13 heavy (non-hydrogen) atoms. The third-order valence-electron chi connectivity index (χ3n) is 1.48. The van der Waals surface area contributed by atoms with Gasteiger partial charge in [0.2, 0.25) is 0 Å². The van der Waals surface area contributed by atoms with Crippen LogP contribution in [0.5, 0.6) is 5.75 Å². The average molecular weight is 201 g/mol. The molecular weight excluding hydrogens is 192 g/mol. The number of rotatable bonds is 4. The Morgan fingerprint density at radius 3 is 2.92 bits per heavy atom. The monoisotopic (exact) mass is 200 g/mol. The van der Waals surface area contributed by atoms with Crippen LogP contribution in [-0.4, -0.2) is 24.6 Å². The molecule has 1 aromatic rings. The first-order chi connectivity index (χ1) is 6.29. The van der Waals surface area contributed by atoms with Crippen molar-refractivity contribution < 1.29 is 14.6 Å². The lowest BCUT2D eigenvalue weighted by Crippen LogP contribution is -2.03. The first-order valence-electron chi connectivity index (χ1n) is 3.77. The van der Waals surface area contributed by atoms with E-state index >= 15 is 0 Å². The number of hydrogen-bond donors (Lipinski definition) is 1. The Morgan fingerprint density at radius 2 is 2.31 bits per heavy atom. The minimum atomic E-state index is -0.0924. The summed E-state index contributed by atoms with van der Waals surface area (Å²) < 4.78 is 5.09. The molecule has 0 unspecified atom stereocenters. The van der Waals surface area contributed by atoms with Crippen molar-refractivity contribution in [1.29, 1.82) is 0 Å². The number of halogens is 1. The van der Waals surface area contributed by atoms with Crippen LogP contribution in [0.25, 0.3) is 0 Å². The second kappa shape index (κ2) is 4.84. The Balaban J connectivity index is 2.91. The van der Waals surface area contributed by atoms with Crippen molar-refractivity contribution in [3.8, 4) is 5.75 Å². The summed E-state index contributed by atoms with van der Waals surface area (Å²) in [5, 5.41) is 8.87. The van der Waals surface area contributed by atoms with Gasteiger partial charge in [0.05, 0.1) is 17.2 Å². The van der Waals surface area contributed by atoms with Gasteiger partial charge in [0, 0.05) is 0 Å². The molecule has 1 aromatic carbocycles. The van der Waals surface area contributed by atoms with E-state index in [2.05, 4.69) is 0 Å². The van der Waals surface area contributed by atoms with Gasteiger partial charge in [-0.1, -0.05) is 17.7 Å². The van der Waals surface area contributed by atoms with Crippen molar-refractivity contribution in [1.82, 2.24) is 0 Å². The second-order valence-electron chi connectivity index (χ2n) is 2.34. The van der Waals surface area contributed by atoms with Crippen molar-refractivity contribution in [2.24, 2.45) is 0 Å². The van der Waals surface area contributed by atoms with E-state index in [0.717, 1.165) is 0 Å². The molecular formula is C9H9ClO3. The third kappa shape index (κ3) is 2.44. The molecule has 0 heterocycles. The number of carbonyl (C=O) groups is 1. The topological polar surface area (TPSA) is 46.5 Å². The molecule has 0 spiro atoms. The molecule has 0 saturated heterocycles. The number of aliphatic hydroxyl groups is 1. The summed E-state index contributed by atoms with van der Waals surface area (Å²) in [6.07, 6.45) is 0.634. The van der Waals surface area contributed by atoms with Crippen LogP contribution in [0.3, 0.4) is 0 Å². The highest BCUT2D eigenvalue weighted by molar-refractivity contribution is 6.33. The number of aldehydes is 1. The molecule has 0 bridgehead atoms. The van der Waals surface area contributed by atoms with Gasteiger partial charge in [-0.2, -0.15) is 0 Å². The molecule has 0 aliphatic heterocycles. The summed E-state index contributed by atoms with van der Waals surface area (Å²) in [5.41, 5.74) is 0.317. The van der Waals surface area contributed by atoms with Crippen LogP contribution in [0.2, 0.25) is 5.02 Å².